The van der Waals surface area contributed by atoms with E-state index in [1.807, 2.05) is 19.1 Å². The van der Waals surface area contributed by atoms with Crippen LogP contribution in [0.15, 0.2) is 53.7 Å². The Bertz CT molecular complexity index is 962. The van der Waals surface area contributed by atoms with E-state index in [0.29, 0.717) is 50.0 Å². The van der Waals surface area contributed by atoms with Crippen LogP contribution >= 0.6 is 35.4 Å². The molecule has 28 heavy (non-hydrogen) atoms. The lowest BCUT2D eigenvalue weighted by Gasteiger charge is -2.31. The molecular weight excluding hydrogens is 417 g/mol. The van der Waals surface area contributed by atoms with Crippen LogP contribution in [0.5, 0.6) is 5.75 Å². The average Bonchev–Trinajstić information content (AvgIpc) is 2.62. The molecule has 1 amide bonds. The van der Waals surface area contributed by atoms with Gasteiger partial charge in [0, 0.05) is 15.7 Å². The maximum Gasteiger partial charge on any atom is 0.255 e. The molecule has 8 heteroatoms. The molecule has 5 nitrogen and oxygen atoms in total. The number of ether oxygens (including phenoxy) is 1. The fourth-order valence-corrected chi connectivity index (χ4v) is 3.79. The van der Waals surface area contributed by atoms with Crippen molar-refractivity contribution in [2.45, 2.75) is 19.9 Å². The molecule has 0 saturated heterocycles. The summed E-state index contributed by atoms with van der Waals surface area (Å²) in [4.78, 5) is 13.2. The van der Waals surface area contributed by atoms with Gasteiger partial charge >= 0.3 is 0 Å². The standard InChI is InChI=1S/C20H19Cl2N3O2S/c1-3-27-16-7-5-4-6-15(16)24-19(26)17-11(2)23-20(28)25-18(17)13-9-8-12(21)10-14(13)22/h4-10,18H,3H2,1-2H3,(H,24,26)(H2,23,25,28)/t18-/m0/s1. The molecule has 0 unspecified atom stereocenters. The van der Waals surface area contributed by atoms with Crippen molar-refractivity contribution < 1.29 is 9.53 Å². The van der Waals surface area contributed by atoms with Gasteiger partial charge in [0.05, 0.1) is 23.9 Å². The van der Waals surface area contributed by atoms with E-state index in [4.69, 9.17) is 40.2 Å². The predicted octanol–water partition coefficient (Wildman–Crippen LogP) is 4.82. The number of carbonyl (C=O) groups is 1. The molecule has 0 saturated carbocycles. The van der Waals surface area contributed by atoms with Gasteiger partial charge < -0.3 is 20.7 Å². The molecule has 3 N–H and O–H groups in total. The van der Waals surface area contributed by atoms with Crippen LogP contribution in [0.3, 0.4) is 0 Å². The van der Waals surface area contributed by atoms with Gasteiger partial charge in [-0.3, -0.25) is 4.79 Å². The summed E-state index contributed by atoms with van der Waals surface area (Å²) in [5.74, 6) is 0.313. The summed E-state index contributed by atoms with van der Waals surface area (Å²) in [5, 5.41) is 10.4. The number of thiocarbonyl (C=S) groups is 1. The second-order valence-electron chi connectivity index (χ2n) is 6.12. The lowest BCUT2D eigenvalue weighted by Crippen LogP contribution is -2.45. The van der Waals surface area contributed by atoms with Crippen LogP contribution in [0.25, 0.3) is 0 Å². The molecule has 0 radical (unpaired) electrons. The molecule has 0 fully saturated rings. The minimum atomic E-state index is -0.516. The van der Waals surface area contributed by atoms with Gasteiger partial charge in [-0.25, -0.2) is 0 Å². The smallest absolute Gasteiger partial charge is 0.255 e. The molecular formula is C20H19Cl2N3O2S. The first-order chi connectivity index (χ1) is 13.4. The highest BCUT2D eigenvalue weighted by Gasteiger charge is 2.31. The van der Waals surface area contributed by atoms with Crippen molar-refractivity contribution in [1.29, 1.82) is 0 Å². The first-order valence-electron chi connectivity index (χ1n) is 8.67. The van der Waals surface area contributed by atoms with Crippen molar-refractivity contribution in [3.63, 3.8) is 0 Å². The zero-order chi connectivity index (χ0) is 20.3. The van der Waals surface area contributed by atoms with Crippen LogP contribution in [-0.2, 0) is 4.79 Å². The van der Waals surface area contributed by atoms with Crippen LogP contribution in [0.4, 0.5) is 5.69 Å². The minimum absolute atomic E-state index is 0.289. The summed E-state index contributed by atoms with van der Waals surface area (Å²) in [6, 6.07) is 11.9. The van der Waals surface area contributed by atoms with Gasteiger partial charge in [0.25, 0.3) is 5.91 Å². The number of benzene rings is 2. The predicted molar refractivity (Wildman–Crippen MR) is 117 cm³/mol. The topological polar surface area (TPSA) is 62.4 Å². The number of para-hydroxylation sites is 2. The molecule has 1 heterocycles. The number of anilines is 1. The number of hydrogen-bond donors (Lipinski definition) is 3. The third-order valence-electron chi connectivity index (χ3n) is 4.22. The highest BCUT2D eigenvalue weighted by Crippen LogP contribution is 2.34. The van der Waals surface area contributed by atoms with Gasteiger partial charge in [0.1, 0.15) is 5.75 Å². The Morgan fingerprint density at radius 1 is 1.25 bits per heavy atom. The Morgan fingerprint density at radius 2 is 2.00 bits per heavy atom. The zero-order valence-corrected chi connectivity index (χ0v) is 17.6. The van der Waals surface area contributed by atoms with E-state index in [1.165, 1.54) is 0 Å². The Morgan fingerprint density at radius 3 is 2.71 bits per heavy atom. The number of halogens is 2. The van der Waals surface area contributed by atoms with Gasteiger partial charge in [0.15, 0.2) is 5.11 Å². The van der Waals surface area contributed by atoms with Crippen molar-refractivity contribution in [1.82, 2.24) is 10.6 Å². The third kappa shape index (κ3) is 4.41. The van der Waals surface area contributed by atoms with Crippen LogP contribution in [0.1, 0.15) is 25.5 Å². The fraction of sp³-hybridized carbons (Fsp3) is 0.200. The minimum Gasteiger partial charge on any atom is -0.492 e. The summed E-state index contributed by atoms with van der Waals surface area (Å²) >= 11 is 17.7. The van der Waals surface area contributed by atoms with E-state index in [1.54, 1.807) is 37.3 Å². The highest BCUT2D eigenvalue weighted by atomic mass is 35.5. The molecule has 0 aromatic heterocycles. The largest absolute Gasteiger partial charge is 0.492 e. The molecule has 1 aliphatic rings. The Balaban J connectivity index is 1.98. The van der Waals surface area contributed by atoms with E-state index in [9.17, 15) is 4.79 Å². The summed E-state index contributed by atoms with van der Waals surface area (Å²) in [6.07, 6.45) is 0. The molecule has 0 aliphatic carbocycles. The summed E-state index contributed by atoms with van der Waals surface area (Å²) in [7, 11) is 0. The van der Waals surface area contributed by atoms with Crippen molar-refractivity contribution in [2.24, 2.45) is 0 Å². The highest BCUT2D eigenvalue weighted by molar-refractivity contribution is 7.80. The first-order valence-corrected chi connectivity index (χ1v) is 9.83. The number of amides is 1. The monoisotopic (exact) mass is 435 g/mol. The molecule has 1 atom stereocenters. The van der Waals surface area contributed by atoms with Gasteiger partial charge in [-0.1, -0.05) is 41.4 Å². The van der Waals surface area contributed by atoms with Crippen molar-refractivity contribution >= 4 is 52.1 Å². The van der Waals surface area contributed by atoms with Crippen LogP contribution in [-0.4, -0.2) is 17.6 Å². The van der Waals surface area contributed by atoms with Crippen LogP contribution in [0.2, 0.25) is 10.0 Å². The Labute approximate surface area is 179 Å². The summed E-state index contributed by atoms with van der Waals surface area (Å²) in [5.41, 5.74) is 2.41. The molecule has 2 aromatic rings. The van der Waals surface area contributed by atoms with Crippen molar-refractivity contribution in [3.8, 4) is 5.75 Å². The third-order valence-corrected chi connectivity index (χ3v) is 5.00. The molecule has 146 valence electrons. The number of hydrogen-bond acceptors (Lipinski definition) is 3. The van der Waals surface area contributed by atoms with Crippen molar-refractivity contribution in [2.75, 3.05) is 11.9 Å². The maximum atomic E-state index is 13.2. The zero-order valence-electron chi connectivity index (χ0n) is 15.3. The van der Waals surface area contributed by atoms with Crippen LogP contribution < -0.4 is 20.7 Å². The Kier molecular flexibility index (Phi) is 6.44. The molecule has 0 spiro atoms. The number of nitrogens with one attached hydrogen (secondary N) is 3. The van der Waals surface area contributed by atoms with E-state index >= 15 is 0 Å². The van der Waals surface area contributed by atoms with Gasteiger partial charge in [0.2, 0.25) is 0 Å². The normalized spacial score (nSPS) is 16.3. The quantitative estimate of drug-likeness (QED) is 0.587. The SMILES string of the molecule is CCOc1ccccc1NC(=O)C1=C(C)NC(=S)N[C@H]1c1ccc(Cl)cc1Cl. The average molecular weight is 436 g/mol. The number of carbonyl (C=O) groups excluding carboxylic acids is 1. The molecule has 1 aliphatic heterocycles. The lowest BCUT2D eigenvalue weighted by atomic mass is 9.95. The molecule has 2 aromatic carbocycles. The van der Waals surface area contributed by atoms with Crippen LogP contribution in [0, 0.1) is 0 Å². The summed E-state index contributed by atoms with van der Waals surface area (Å²) < 4.78 is 5.59. The number of allylic oxidation sites excluding steroid dienone is 1. The molecule has 0 bridgehead atoms. The van der Waals surface area contributed by atoms with E-state index in [0.717, 1.165) is 0 Å². The second kappa shape index (κ2) is 8.82. The van der Waals surface area contributed by atoms with E-state index < -0.39 is 6.04 Å². The Hall–Kier alpha value is -2.28. The van der Waals surface area contributed by atoms with Crippen molar-refractivity contribution in [3.05, 3.63) is 69.3 Å². The van der Waals surface area contributed by atoms with Gasteiger partial charge in [-0.2, -0.15) is 0 Å². The fourth-order valence-electron chi connectivity index (χ4n) is 3.00. The number of rotatable bonds is 5. The lowest BCUT2D eigenvalue weighted by molar-refractivity contribution is -0.113. The van der Waals surface area contributed by atoms with E-state index in [-0.39, 0.29) is 5.91 Å². The van der Waals surface area contributed by atoms with E-state index in [2.05, 4.69) is 16.0 Å². The van der Waals surface area contributed by atoms with Gasteiger partial charge in [-0.05, 0) is 55.9 Å². The first kappa shape index (κ1) is 20.5. The maximum absolute atomic E-state index is 13.2. The summed E-state index contributed by atoms with van der Waals surface area (Å²) in [6.45, 7) is 4.18. The second-order valence-corrected chi connectivity index (χ2v) is 7.37. The van der Waals surface area contributed by atoms with Gasteiger partial charge in [-0.15, -0.1) is 0 Å². The molecule has 3 rings (SSSR count).